The van der Waals surface area contributed by atoms with Crippen LogP contribution in [0.1, 0.15) is 6.42 Å². The summed E-state index contributed by atoms with van der Waals surface area (Å²) >= 11 is 11.7. The van der Waals surface area contributed by atoms with E-state index in [0.29, 0.717) is 24.5 Å². The van der Waals surface area contributed by atoms with Crippen LogP contribution in [0.3, 0.4) is 0 Å². The van der Waals surface area contributed by atoms with Gasteiger partial charge in [0.1, 0.15) is 4.90 Å². The summed E-state index contributed by atoms with van der Waals surface area (Å²) in [6.45, 7) is 0.995. The summed E-state index contributed by atoms with van der Waals surface area (Å²) < 4.78 is 28.6. The van der Waals surface area contributed by atoms with E-state index in [1.54, 1.807) is 18.6 Å². The molecule has 0 atom stereocenters. The fourth-order valence-electron chi connectivity index (χ4n) is 1.65. The highest BCUT2D eigenvalue weighted by Gasteiger charge is 2.17. The van der Waals surface area contributed by atoms with Crippen LogP contribution in [0, 0.1) is 0 Å². The molecular weight excluding hydrogens is 321 g/mol. The first kappa shape index (κ1) is 15.3. The van der Waals surface area contributed by atoms with E-state index in [0.717, 1.165) is 0 Å². The first-order valence-corrected chi connectivity index (χ1v) is 8.13. The quantitative estimate of drug-likeness (QED) is 0.826. The standard InChI is InChI=1S/C12H13Cl2N3O2S/c13-10-2-3-11(14)12(8-10)20(18,19)16-4-1-6-17-7-5-15-9-17/h2-3,5,7-9,16H,1,4,6H2. The maximum atomic E-state index is 12.1. The number of halogens is 2. The van der Waals surface area contributed by atoms with Crippen LogP contribution in [0.4, 0.5) is 0 Å². The average molecular weight is 334 g/mol. The maximum absolute atomic E-state index is 12.1. The maximum Gasteiger partial charge on any atom is 0.242 e. The van der Waals surface area contributed by atoms with Gasteiger partial charge in [-0.15, -0.1) is 0 Å². The summed E-state index contributed by atoms with van der Waals surface area (Å²) in [5.41, 5.74) is 0. The first-order valence-electron chi connectivity index (χ1n) is 5.89. The number of rotatable bonds is 6. The number of imidazole rings is 1. The molecule has 1 heterocycles. The van der Waals surface area contributed by atoms with Gasteiger partial charge in [-0.05, 0) is 24.6 Å². The smallest absolute Gasteiger partial charge is 0.242 e. The van der Waals surface area contributed by atoms with Crippen LogP contribution in [-0.4, -0.2) is 24.5 Å². The van der Waals surface area contributed by atoms with Gasteiger partial charge in [-0.3, -0.25) is 0 Å². The van der Waals surface area contributed by atoms with Crippen molar-refractivity contribution in [3.05, 3.63) is 47.0 Å². The lowest BCUT2D eigenvalue weighted by atomic mass is 10.4. The van der Waals surface area contributed by atoms with Crippen molar-refractivity contribution in [3.8, 4) is 0 Å². The van der Waals surface area contributed by atoms with Gasteiger partial charge in [0, 0.05) is 30.5 Å². The van der Waals surface area contributed by atoms with E-state index >= 15 is 0 Å². The monoisotopic (exact) mass is 333 g/mol. The largest absolute Gasteiger partial charge is 0.337 e. The van der Waals surface area contributed by atoms with Gasteiger partial charge >= 0.3 is 0 Å². The number of nitrogens with one attached hydrogen (secondary N) is 1. The average Bonchev–Trinajstić information content (AvgIpc) is 2.90. The Labute approximate surface area is 127 Å². The molecule has 1 aromatic carbocycles. The molecule has 2 rings (SSSR count). The summed E-state index contributed by atoms with van der Waals surface area (Å²) in [5, 5.41) is 0.477. The number of hydrogen-bond acceptors (Lipinski definition) is 3. The molecule has 0 amide bonds. The molecule has 108 valence electrons. The Balaban J connectivity index is 1.95. The second-order valence-electron chi connectivity index (χ2n) is 4.13. The van der Waals surface area contributed by atoms with Gasteiger partial charge in [-0.1, -0.05) is 23.2 Å². The van der Waals surface area contributed by atoms with Gasteiger partial charge in [0.2, 0.25) is 10.0 Å². The highest BCUT2D eigenvalue weighted by atomic mass is 35.5. The molecular formula is C12H13Cl2N3O2S. The lowest BCUT2D eigenvalue weighted by molar-refractivity contribution is 0.570. The molecule has 0 bridgehead atoms. The van der Waals surface area contributed by atoms with Crippen molar-refractivity contribution in [2.24, 2.45) is 0 Å². The highest BCUT2D eigenvalue weighted by molar-refractivity contribution is 7.89. The minimum absolute atomic E-state index is 0.00528. The zero-order chi connectivity index (χ0) is 14.6. The third kappa shape index (κ3) is 3.96. The third-order valence-electron chi connectivity index (χ3n) is 2.63. The van der Waals surface area contributed by atoms with E-state index in [4.69, 9.17) is 23.2 Å². The van der Waals surface area contributed by atoms with E-state index in [1.165, 1.54) is 12.1 Å². The zero-order valence-electron chi connectivity index (χ0n) is 10.5. The Morgan fingerprint density at radius 2 is 2.10 bits per heavy atom. The SMILES string of the molecule is O=S(=O)(NCCCn1ccnc1)c1cc(Cl)ccc1Cl. The van der Waals surface area contributed by atoms with Crippen LogP contribution in [0.15, 0.2) is 41.8 Å². The van der Waals surface area contributed by atoms with Crippen LogP contribution in [0.25, 0.3) is 0 Å². The van der Waals surface area contributed by atoms with Crippen molar-refractivity contribution in [2.45, 2.75) is 17.9 Å². The number of aryl methyl sites for hydroxylation is 1. The molecule has 0 unspecified atom stereocenters. The first-order chi connectivity index (χ1) is 9.49. The van der Waals surface area contributed by atoms with Gasteiger partial charge in [-0.25, -0.2) is 18.1 Å². The summed E-state index contributed by atoms with van der Waals surface area (Å²) in [6.07, 6.45) is 5.83. The lowest BCUT2D eigenvalue weighted by Crippen LogP contribution is -2.25. The van der Waals surface area contributed by atoms with Gasteiger partial charge in [-0.2, -0.15) is 0 Å². The molecule has 0 fully saturated rings. The van der Waals surface area contributed by atoms with Crippen molar-refractivity contribution in [1.82, 2.24) is 14.3 Å². The molecule has 1 N–H and O–H groups in total. The Morgan fingerprint density at radius 3 is 2.80 bits per heavy atom. The minimum atomic E-state index is -3.65. The molecule has 5 nitrogen and oxygen atoms in total. The van der Waals surface area contributed by atoms with Crippen molar-refractivity contribution < 1.29 is 8.42 Å². The molecule has 0 aliphatic carbocycles. The second kappa shape index (κ2) is 6.58. The van der Waals surface area contributed by atoms with Crippen LogP contribution in [-0.2, 0) is 16.6 Å². The number of aromatic nitrogens is 2. The van der Waals surface area contributed by atoms with Crippen molar-refractivity contribution in [1.29, 1.82) is 0 Å². The van der Waals surface area contributed by atoms with Crippen molar-refractivity contribution in [2.75, 3.05) is 6.54 Å². The summed E-state index contributed by atoms with van der Waals surface area (Å²) in [4.78, 5) is 3.91. The van der Waals surface area contributed by atoms with Crippen molar-refractivity contribution in [3.63, 3.8) is 0 Å². The summed E-state index contributed by atoms with van der Waals surface area (Å²) in [6, 6.07) is 4.34. The van der Waals surface area contributed by atoms with Crippen LogP contribution in [0.2, 0.25) is 10.0 Å². The molecule has 0 aliphatic heterocycles. The number of nitrogens with zero attached hydrogens (tertiary/aromatic N) is 2. The van der Waals surface area contributed by atoms with Crippen molar-refractivity contribution >= 4 is 33.2 Å². The van der Waals surface area contributed by atoms with Gasteiger partial charge < -0.3 is 4.57 Å². The zero-order valence-corrected chi connectivity index (χ0v) is 12.8. The Kier molecular flexibility index (Phi) is 5.04. The van der Waals surface area contributed by atoms with E-state index in [2.05, 4.69) is 9.71 Å². The van der Waals surface area contributed by atoms with E-state index in [-0.39, 0.29) is 9.92 Å². The molecule has 2 aromatic rings. The van der Waals surface area contributed by atoms with E-state index in [9.17, 15) is 8.42 Å². The lowest BCUT2D eigenvalue weighted by Gasteiger charge is -2.09. The Bertz CT molecular complexity index is 672. The number of hydrogen-bond donors (Lipinski definition) is 1. The number of sulfonamides is 1. The predicted octanol–water partition coefficient (Wildman–Crippen LogP) is 2.56. The molecule has 0 saturated heterocycles. The van der Waals surface area contributed by atoms with Gasteiger partial charge in [0.05, 0.1) is 11.3 Å². The summed E-state index contributed by atoms with van der Waals surface area (Å²) in [7, 11) is -3.65. The molecule has 0 spiro atoms. The van der Waals surface area contributed by atoms with Gasteiger partial charge in [0.25, 0.3) is 0 Å². The Hall–Kier alpha value is -1.08. The fourth-order valence-corrected chi connectivity index (χ4v) is 3.48. The topological polar surface area (TPSA) is 64.0 Å². The van der Waals surface area contributed by atoms with Gasteiger partial charge in [0.15, 0.2) is 0 Å². The van der Waals surface area contributed by atoms with E-state index < -0.39 is 10.0 Å². The second-order valence-corrected chi connectivity index (χ2v) is 6.71. The highest BCUT2D eigenvalue weighted by Crippen LogP contribution is 2.24. The van der Waals surface area contributed by atoms with E-state index in [1.807, 2.05) is 10.8 Å². The third-order valence-corrected chi connectivity index (χ3v) is 4.80. The van der Waals surface area contributed by atoms with Crippen LogP contribution >= 0.6 is 23.2 Å². The predicted molar refractivity (Wildman–Crippen MR) is 78.5 cm³/mol. The summed E-state index contributed by atoms with van der Waals surface area (Å²) in [5.74, 6) is 0. The Morgan fingerprint density at radius 1 is 1.30 bits per heavy atom. The molecule has 0 radical (unpaired) electrons. The molecule has 8 heteroatoms. The fraction of sp³-hybridized carbons (Fsp3) is 0.250. The molecule has 0 saturated carbocycles. The van der Waals surface area contributed by atoms with Crippen LogP contribution < -0.4 is 4.72 Å². The normalized spacial score (nSPS) is 11.7. The molecule has 20 heavy (non-hydrogen) atoms. The number of benzene rings is 1. The molecule has 0 aliphatic rings. The minimum Gasteiger partial charge on any atom is -0.337 e. The van der Waals surface area contributed by atoms with Crippen LogP contribution in [0.5, 0.6) is 0 Å². The molecule has 1 aromatic heterocycles.